The summed E-state index contributed by atoms with van der Waals surface area (Å²) in [7, 11) is 0. The van der Waals surface area contributed by atoms with E-state index in [4.69, 9.17) is 4.42 Å². The minimum atomic E-state index is 0.244. The fourth-order valence-corrected chi connectivity index (χ4v) is 2.11. The Morgan fingerprint density at radius 1 is 1.24 bits per heavy atom. The van der Waals surface area contributed by atoms with Crippen LogP contribution in [-0.4, -0.2) is 0 Å². The van der Waals surface area contributed by atoms with E-state index in [9.17, 15) is 0 Å². The molecule has 0 spiro atoms. The van der Waals surface area contributed by atoms with Crippen LogP contribution in [0.25, 0.3) is 0 Å². The van der Waals surface area contributed by atoms with Gasteiger partial charge in [0.2, 0.25) is 0 Å². The van der Waals surface area contributed by atoms with E-state index in [0.29, 0.717) is 0 Å². The summed E-state index contributed by atoms with van der Waals surface area (Å²) in [6.45, 7) is 6.33. The van der Waals surface area contributed by atoms with E-state index in [1.54, 1.807) is 12.5 Å². The van der Waals surface area contributed by atoms with Crippen LogP contribution < -0.4 is 5.32 Å². The van der Waals surface area contributed by atoms with Gasteiger partial charge in [-0.05, 0) is 50.1 Å². The summed E-state index contributed by atoms with van der Waals surface area (Å²) in [5.74, 6) is 0. The summed E-state index contributed by atoms with van der Waals surface area (Å²) in [6, 6.07) is 6.52. The molecule has 1 atom stereocenters. The Balaban J connectivity index is 2.19. The van der Waals surface area contributed by atoms with Gasteiger partial charge in [0, 0.05) is 15.7 Å². The number of nitrogens with one attached hydrogen (secondary N) is 1. The maximum Gasteiger partial charge on any atom is 0.0955 e. The lowest BCUT2D eigenvalue weighted by atomic mass is 10.1. The molecule has 3 heteroatoms. The summed E-state index contributed by atoms with van der Waals surface area (Å²) in [5, 5.41) is 3.47. The molecule has 0 amide bonds. The van der Waals surface area contributed by atoms with Crippen molar-refractivity contribution in [2.45, 2.75) is 26.8 Å². The first kappa shape index (κ1) is 12.2. The molecule has 1 N–H and O–H groups in total. The third-order valence-corrected chi connectivity index (χ3v) is 4.11. The zero-order valence-electron chi connectivity index (χ0n) is 10.3. The fourth-order valence-electron chi connectivity index (χ4n) is 1.88. The summed E-state index contributed by atoms with van der Waals surface area (Å²) in [4.78, 5) is 0. The van der Waals surface area contributed by atoms with Crippen LogP contribution in [0.1, 0.15) is 29.7 Å². The molecular weight excluding hydrogens is 278 g/mol. The van der Waals surface area contributed by atoms with Gasteiger partial charge in [-0.15, -0.1) is 0 Å². The van der Waals surface area contributed by atoms with Gasteiger partial charge in [-0.2, -0.15) is 0 Å². The number of hydrogen-bond donors (Lipinski definition) is 1. The zero-order chi connectivity index (χ0) is 12.4. The van der Waals surface area contributed by atoms with E-state index in [0.717, 1.165) is 11.3 Å². The topological polar surface area (TPSA) is 25.2 Å². The summed E-state index contributed by atoms with van der Waals surface area (Å²) in [6.07, 6.45) is 3.47. The monoisotopic (exact) mass is 293 g/mol. The molecule has 90 valence electrons. The Bertz CT molecular complexity index is 482. The van der Waals surface area contributed by atoms with Gasteiger partial charge in [0.05, 0.1) is 18.6 Å². The summed E-state index contributed by atoms with van der Waals surface area (Å²) in [5.41, 5.74) is 4.78. The van der Waals surface area contributed by atoms with E-state index in [1.165, 1.54) is 15.6 Å². The lowest BCUT2D eigenvalue weighted by Gasteiger charge is -2.15. The highest BCUT2D eigenvalue weighted by atomic mass is 79.9. The molecule has 1 unspecified atom stereocenters. The lowest BCUT2D eigenvalue weighted by molar-refractivity contribution is 0.562. The first-order valence-corrected chi connectivity index (χ1v) is 6.42. The third-order valence-electron chi connectivity index (χ3n) is 2.86. The van der Waals surface area contributed by atoms with Crippen LogP contribution in [0.2, 0.25) is 0 Å². The van der Waals surface area contributed by atoms with Gasteiger partial charge >= 0.3 is 0 Å². The predicted octanol–water partition coefficient (Wildman–Crippen LogP) is 4.83. The van der Waals surface area contributed by atoms with E-state index in [1.807, 2.05) is 6.07 Å². The van der Waals surface area contributed by atoms with Gasteiger partial charge in [0.15, 0.2) is 0 Å². The van der Waals surface area contributed by atoms with Crippen LogP contribution in [-0.2, 0) is 0 Å². The molecule has 1 aromatic carbocycles. The second-order valence-electron chi connectivity index (χ2n) is 4.35. The first-order chi connectivity index (χ1) is 8.08. The number of aryl methyl sites for hydroxylation is 2. The van der Waals surface area contributed by atoms with E-state index < -0.39 is 0 Å². The molecule has 0 saturated carbocycles. The number of furan rings is 1. The highest BCUT2D eigenvalue weighted by Crippen LogP contribution is 2.27. The van der Waals surface area contributed by atoms with Gasteiger partial charge in [0.1, 0.15) is 0 Å². The van der Waals surface area contributed by atoms with Crippen molar-refractivity contribution in [3.8, 4) is 0 Å². The van der Waals surface area contributed by atoms with E-state index in [2.05, 4.69) is 54.2 Å². The van der Waals surface area contributed by atoms with Crippen LogP contribution in [0.5, 0.6) is 0 Å². The Labute approximate surface area is 110 Å². The van der Waals surface area contributed by atoms with Crippen LogP contribution in [0.15, 0.2) is 39.6 Å². The molecule has 2 rings (SSSR count). The molecule has 0 aliphatic carbocycles. The predicted molar refractivity (Wildman–Crippen MR) is 74.4 cm³/mol. The Kier molecular flexibility index (Phi) is 3.57. The van der Waals surface area contributed by atoms with Gasteiger partial charge < -0.3 is 9.73 Å². The number of benzene rings is 1. The second-order valence-corrected chi connectivity index (χ2v) is 5.14. The quantitative estimate of drug-likeness (QED) is 0.877. The zero-order valence-corrected chi connectivity index (χ0v) is 11.8. The van der Waals surface area contributed by atoms with Crippen molar-refractivity contribution in [1.82, 2.24) is 0 Å². The molecule has 0 bridgehead atoms. The highest BCUT2D eigenvalue weighted by molar-refractivity contribution is 9.10. The first-order valence-electron chi connectivity index (χ1n) is 5.63. The van der Waals surface area contributed by atoms with Crippen molar-refractivity contribution >= 4 is 21.6 Å². The molecule has 0 fully saturated rings. The van der Waals surface area contributed by atoms with Crippen molar-refractivity contribution in [2.75, 3.05) is 5.32 Å². The second kappa shape index (κ2) is 4.96. The largest absolute Gasteiger partial charge is 0.472 e. The van der Waals surface area contributed by atoms with Crippen LogP contribution in [0.4, 0.5) is 5.69 Å². The SMILES string of the molecule is Cc1cc(NC(C)c2ccoc2)cc(C)c1Br. The molecule has 0 aliphatic heterocycles. The molecule has 1 aromatic heterocycles. The highest BCUT2D eigenvalue weighted by Gasteiger charge is 2.08. The number of hydrogen-bond acceptors (Lipinski definition) is 2. The van der Waals surface area contributed by atoms with Crippen molar-refractivity contribution < 1.29 is 4.42 Å². The summed E-state index contributed by atoms with van der Waals surface area (Å²) >= 11 is 3.58. The molecule has 0 saturated heterocycles. The Morgan fingerprint density at radius 2 is 1.88 bits per heavy atom. The molecule has 0 radical (unpaired) electrons. The lowest BCUT2D eigenvalue weighted by Crippen LogP contribution is -2.06. The van der Waals surface area contributed by atoms with Crippen molar-refractivity contribution in [2.24, 2.45) is 0 Å². The third kappa shape index (κ3) is 2.72. The standard InChI is InChI=1S/C14H16BrNO/c1-9-6-13(7-10(2)14(9)15)16-11(3)12-4-5-17-8-12/h4-8,11,16H,1-3H3. The van der Waals surface area contributed by atoms with Gasteiger partial charge in [0.25, 0.3) is 0 Å². The maximum atomic E-state index is 5.09. The van der Waals surface area contributed by atoms with E-state index >= 15 is 0 Å². The Hall–Kier alpha value is -1.22. The van der Waals surface area contributed by atoms with Crippen LogP contribution in [0.3, 0.4) is 0 Å². The number of anilines is 1. The van der Waals surface area contributed by atoms with Gasteiger partial charge in [-0.1, -0.05) is 15.9 Å². The number of rotatable bonds is 3. The van der Waals surface area contributed by atoms with Crippen molar-refractivity contribution in [1.29, 1.82) is 0 Å². The maximum absolute atomic E-state index is 5.09. The molecule has 2 nitrogen and oxygen atoms in total. The summed E-state index contributed by atoms with van der Waals surface area (Å²) < 4.78 is 6.27. The number of halogens is 1. The molecule has 0 aliphatic rings. The Morgan fingerprint density at radius 3 is 2.41 bits per heavy atom. The van der Waals surface area contributed by atoms with Gasteiger partial charge in [-0.25, -0.2) is 0 Å². The average molecular weight is 294 g/mol. The fraction of sp³-hybridized carbons (Fsp3) is 0.286. The minimum Gasteiger partial charge on any atom is -0.472 e. The molecule has 1 heterocycles. The van der Waals surface area contributed by atoms with E-state index in [-0.39, 0.29) is 6.04 Å². The van der Waals surface area contributed by atoms with Crippen molar-refractivity contribution in [3.05, 3.63) is 51.9 Å². The normalized spacial score (nSPS) is 12.5. The van der Waals surface area contributed by atoms with Crippen LogP contribution in [0, 0.1) is 13.8 Å². The van der Waals surface area contributed by atoms with Crippen molar-refractivity contribution in [3.63, 3.8) is 0 Å². The van der Waals surface area contributed by atoms with Crippen LogP contribution >= 0.6 is 15.9 Å². The van der Waals surface area contributed by atoms with Gasteiger partial charge in [-0.3, -0.25) is 0 Å². The minimum absolute atomic E-state index is 0.244. The average Bonchev–Trinajstić information content (AvgIpc) is 2.79. The smallest absolute Gasteiger partial charge is 0.0955 e. The molecule has 17 heavy (non-hydrogen) atoms. The molecule has 2 aromatic rings. The molecular formula is C14H16BrNO.